The van der Waals surface area contributed by atoms with E-state index in [1.807, 2.05) is 12.1 Å². The van der Waals surface area contributed by atoms with Crippen molar-refractivity contribution in [3.8, 4) is 0 Å². The van der Waals surface area contributed by atoms with E-state index in [1.165, 1.54) is 24.0 Å². The van der Waals surface area contributed by atoms with E-state index in [1.54, 1.807) is 0 Å². The Morgan fingerprint density at radius 3 is 2.85 bits per heavy atom. The molecule has 108 valence electrons. The average Bonchev–Trinajstić information content (AvgIpc) is 2.49. The first-order valence-electron chi connectivity index (χ1n) is 7.76. The largest absolute Gasteiger partial charge is 0.459 e. The molecule has 3 rings (SSSR count). The fourth-order valence-corrected chi connectivity index (χ4v) is 3.29. The lowest BCUT2D eigenvalue weighted by molar-refractivity contribution is 0.0172. The first-order chi connectivity index (χ1) is 9.74. The first kappa shape index (κ1) is 13.6. The molecule has 0 radical (unpaired) electrons. The number of ether oxygens (including phenoxy) is 1. The van der Waals surface area contributed by atoms with E-state index in [2.05, 4.69) is 18.3 Å². The van der Waals surface area contributed by atoms with E-state index in [9.17, 15) is 4.79 Å². The number of esters is 1. The molecule has 0 saturated heterocycles. The second-order valence-corrected chi connectivity index (χ2v) is 6.16. The summed E-state index contributed by atoms with van der Waals surface area (Å²) < 4.78 is 5.73. The van der Waals surface area contributed by atoms with Crippen LogP contribution in [0.4, 0.5) is 0 Å². The van der Waals surface area contributed by atoms with Crippen molar-refractivity contribution in [2.45, 2.75) is 51.7 Å². The third-order valence-corrected chi connectivity index (χ3v) is 4.60. The van der Waals surface area contributed by atoms with Crippen molar-refractivity contribution in [1.29, 1.82) is 0 Å². The van der Waals surface area contributed by atoms with Crippen molar-refractivity contribution in [2.24, 2.45) is 5.92 Å². The second kappa shape index (κ2) is 5.96. The van der Waals surface area contributed by atoms with Gasteiger partial charge in [0.1, 0.15) is 6.10 Å². The Hall–Kier alpha value is -1.35. The highest BCUT2D eigenvalue weighted by molar-refractivity contribution is 5.91. The molecule has 1 heterocycles. The maximum absolute atomic E-state index is 12.4. The highest BCUT2D eigenvalue weighted by atomic mass is 16.5. The Morgan fingerprint density at radius 1 is 1.25 bits per heavy atom. The van der Waals surface area contributed by atoms with Crippen LogP contribution in [0.3, 0.4) is 0 Å². The van der Waals surface area contributed by atoms with Gasteiger partial charge in [0.25, 0.3) is 0 Å². The average molecular weight is 273 g/mol. The molecular formula is C17H23NO2. The van der Waals surface area contributed by atoms with Crippen LogP contribution >= 0.6 is 0 Å². The van der Waals surface area contributed by atoms with Crippen LogP contribution in [0.1, 0.15) is 54.1 Å². The molecular weight excluding hydrogens is 250 g/mol. The Bertz CT molecular complexity index is 490. The second-order valence-electron chi connectivity index (χ2n) is 6.16. The normalized spacial score (nSPS) is 25.9. The van der Waals surface area contributed by atoms with E-state index in [0.717, 1.165) is 43.8 Å². The van der Waals surface area contributed by atoms with Crippen LogP contribution in [-0.2, 0) is 17.7 Å². The van der Waals surface area contributed by atoms with Gasteiger partial charge in [-0.3, -0.25) is 0 Å². The van der Waals surface area contributed by atoms with Crippen molar-refractivity contribution in [1.82, 2.24) is 5.32 Å². The SMILES string of the molecule is CC1CCC(OC(=O)c2cccc3c2CCNC3)CC1. The molecule has 20 heavy (non-hydrogen) atoms. The quantitative estimate of drug-likeness (QED) is 0.842. The maximum atomic E-state index is 12.4. The Kier molecular flexibility index (Phi) is 4.06. The van der Waals surface area contributed by atoms with Gasteiger partial charge in [0.2, 0.25) is 0 Å². The summed E-state index contributed by atoms with van der Waals surface area (Å²) in [6.07, 6.45) is 5.43. The minimum atomic E-state index is -0.122. The minimum Gasteiger partial charge on any atom is -0.459 e. The molecule has 1 N–H and O–H groups in total. The van der Waals surface area contributed by atoms with Gasteiger partial charge in [0, 0.05) is 6.54 Å². The number of carbonyl (C=O) groups excluding carboxylic acids is 1. The molecule has 0 spiro atoms. The monoisotopic (exact) mass is 273 g/mol. The number of fused-ring (bicyclic) bond motifs is 1. The molecule has 0 unspecified atom stereocenters. The summed E-state index contributed by atoms with van der Waals surface area (Å²) in [6, 6.07) is 5.98. The summed E-state index contributed by atoms with van der Waals surface area (Å²) in [5, 5.41) is 3.34. The third kappa shape index (κ3) is 2.88. The predicted octanol–water partition coefficient (Wildman–Crippen LogP) is 3.07. The number of hydrogen-bond acceptors (Lipinski definition) is 3. The molecule has 1 fully saturated rings. The zero-order valence-electron chi connectivity index (χ0n) is 12.2. The van der Waals surface area contributed by atoms with Gasteiger partial charge >= 0.3 is 5.97 Å². The van der Waals surface area contributed by atoms with Crippen LogP contribution in [-0.4, -0.2) is 18.6 Å². The summed E-state index contributed by atoms with van der Waals surface area (Å²) in [6.45, 7) is 4.08. The summed E-state index contributed by atoms with van der Waals surface area (Å²) in [5.74, 6) is 0.656. The standard InChI is InChI=1S/C17H23NO2/c1-12-5-7-14(8-6-12)20-17(19)16-4-2-3-13-11-18-10-9-15(13)16/h2-4,12,14,18H,5-11H2,1H3. The highest BCUT2D eigenvalue weighted by Gasteiger charge is 2.24. The highest BCUT2D eigenvalue weighted by Crippen LogP contribution is 2.27. The van der Waals surface area contributed by atoms with Crippen LogP contribution in [0, 0.1) is 5.92 Å². The van der Waals surface area contributed by atoms with Crippen molar-refractivity contribution < 1.29 is 9.53 Å². The van der Waals surface area contributed by atoms with Crippen molar-refractivity contribution >= 4 is 5.97 Å². The number of rotatable bonds is 2. The van der Waals surface area contributed by atoms with Crippen LogP contribution in [0.5, 0.6) is 0 Å². The van der Waals surface area contributed by atoms with E-state index in [-0.39, 0.29) is 12.1 Å². The Morgan fingerprint density at radius 2 is 2.05 bits per heavy atom. The fourth-order valence-electron chi connectivity index (χ4n) is 3.29. The van der Waals surface area contributed by atoms with Gasteiger partial charge in [-0.25, -0.2) is 4.79 Å². The van der Waals surface area contributed by atoms with Crippen molar-refractivity contribution in [3.05, 3.63) is 34.9 Å². The van der Waals surface area contributed by atoms with Crippen molar-refractivity contribution in [3.63, 3.8) is 0 Å². The van der Waals surface area contributed by atoms with Crippen molar-refractivity contribution in [2.75, 3.05) is 6.54 Å². The van der Waals surface area contributed by atoms with E-state index >= 15 is 0 Å². The van der Waals surface area contributed by atoms with E-state index in [0.29, 0.717) is 0 Å². The fraction of sp³-hybridized carbons (Fsp3) is 0.588. The number of benzene rings is 1. The van der Waals surface area contributed by atoms with Crippen LogP contribution in [0.2, 0.25) is 0 Å². The van der Waals surface area contributed by atoms with Gasteiger partial charge in [-0.15, -0.1) is 0 Å². The van der Waals surface area contributed by atoms with E-state index in [4.69, 9.17) is 4.74 Å². The van der Waals surface area contributed by atoms with Gasteiger partial charge < -0.3 is 10.1 Å². The number of carbonyl (C=O) groups is 1. The first-order valence-corrected chi connectivity index (χ1v) is 7.76. The zero-order valence-corrected chi connectivity index (χ0v) is 12.2. The van der Waals surface area contributed by atoms with Crippen LogP contribution in [0.25, 0.3) is 0 Å². The third-order valence-electron chi connectivity index (χ3n) is 4.60. The van der Waals surface area contributed by atoms with Gasteiger partial charge in [-0.05, 0) is 61.8 Å². The molecule has 0 bridgehead atoms. The molecule has 3 heteroatoms. The molecule has 1 aliphatic heterocycles. The smallest absolute Gasteiger partial charge is 0.338 e. The molecule has 1 aliphatic carbocycles. The molecule has 0 aromatic heterocycles. The van der Waals surface area contributed by atoms with Gasteiger partial charge in [-0.1, -0.05) is 19.1 Å². The molecule has 0 atom stereocenters. The number of nitrogens with one attached hydrogen (secondary N) is 1. The van der Waals surface area contributed by atoms with Crippen LogP contribution < -0.4 is 5.32 Å². The summed E-state index contributed by atoms with van der Waals surface area (Å²) >= 11 is 0. The van der Waals surface area contributed by atoms with Gasteiger partial charge in [0.15, 0.2) is 0 Å². The summed E-state index contributed by atoms with van der Waals surface area (Å²) in [4.78, 5) is 12.4. The number of hydrogen-bond donors (Lipinski definition) is 1. The Labute approximate surface area is 120 Å². The summed E-state index contributed by atoms with van der Waals surface area (Å²) in [7, 11) is 0. The molecule has 3 nitrogen and oxygen atoms in total. The van der Waals surface area contributed by atoms with E-state index < -0.39 is 0 Å². The van der Waals surface area contributed by atoms with Gasteiger partial charge in [0.05, 0.1) is 5.56 Å². The maximum Gasteiger partial charge on any atom is 0.338 e. The topological polar surface area (TPSA) is 38.3 Å². The zero-order chi connectivity index (χ0) is 13.9. The summed E-state index contributed by atoms with van der Waals surface area (Å²) in [5.41, 5.74) is 3.20. The lowest BCUT2D eigenvalue weighted by Gasteiger charge is -2.27. The molecule has 0 amide bonds. The molecule has 2 aliphatic rings. The lowest BCUT2D eigenvalue weighted by Crippen LogP contribution is -2.28. The van der Waals surface area contributed by atoms with Crippen LogP contribution in [0.15, 0.2) is 18.2 Å². The van der Waals surface area contributed by atoms with Gasteiger partial charge in [-0.2, -0.15) is 0 Å². The lowest BCUT2D eigenvalue weighted by atomic mass is 9.89. The predicted molar refractivity (Wildman–Crippen MR) is 78.7 cm³/mol. The molecule has 1 aromatic rings. The Balaban J connectivity index is 1.71. The minimum absolute atomic E-state index is 0.122. The molecule has 1 aromatic carbocycles. The molecule has 1 saturated carbocycles.